The van der Waals surface area contributed by atoms with Crippen LogP contribution in [0.4, 0.5) is 0 Å². The molecule has 3 nitrogen and oxygen atoms in total. The molecule has 1 aromatic carbocycles. The first-order chi connectivity index (χ1) is 11.9. The van der Waals surface area contributed by atoms with Crippen molar-refractivity contribution < 1.29 is 4.74 Å². The van der Waals surface area contributed by atoms with Gasteiger partial charge in [0.2, 0.25) is 0 Å². The van der Waals surface area contributed by atoms with Crippen molar-refractivity contribution in [2.75, 3.05) is 6.61 Å². The number of H-pyrrole nitrogens is 1. The molecule has 0 radical (unpaired) electrons. The number of ether oxygens (including phenoxy) is 1. The summed E-state index contributed by atoms with van der Waals surface area (Å²) in [7, 11) is 0. The van der Waals surface area contributed by atoms with Crippen LogP contribution < -0.4 is 4.74 Å². The lowest BCUT2D eigenvalue weighted by molar-refractivity contribution is 0.288. The third kappa shape index (κ3) is 2.39. The molecule has 0 bridgehead atoms. The number of nitrogens with zero attached hydrogens (tertiary/aromatic N) is 1. The predicted molar refractivity (Wildman–Crippen MR) is 96.4 cm³/mol. The highest BCUT2D eigenvalue weighted by Gasteiger charge is 2.19. The third-order valence-corrected chi connectivity index (χ3v) is 5.54. The van der Waals surface area contributed by atoms with E-state index < -0.39 is 0 Å². The van der Waals surface area contributed by atoms with Gasteiger partial charge in [0.25, 0.3) is 0 Å². The number of pyridine rings is 1. The van der Waals surface area contributed by atoms with Crippen molar-refractivity contribution in [3.63, 3.8) is 0 Å². The van der Waals surface area contributed by atoms with Crippen LogP contribution in [-0.2, 0) is 12.8 Å². The second-order valence-corrected chi connectivity index (χ2v) is 7.18. The second-order valence-electron chi connectivity index (χ2n) is 7.18. The lowest BCUT2D eigenvalue weighted by Gasteiger charge is -2.24. The fourth-order valence-electron chi connectivity index (χ4n) is 3.92. The molecule has 0 saturated heterocycles. The van der Waals surface area contributed by atoms with Crippen molar-refractivity contribution in [2.24, 2.45) is 5.92 Å². The number of aromatic amines is 1. The van der Waals surface area contributed by atoms with Crippen LogP contribution in [0.1, 0.15) is 36.9 Å². The van der Waals surface area contributed by atoms with Crippen molar-refractivity contribution >= 4 is 11.0 Å². The van der Waals surface area contributed by atoms with Crippen LogP contribution in [0.3, 0.4) is 0 Å². The van der Waals surface area contributed by atoms with Gasteiger partial charge in [0.05, 0.1) is 6.61 Å². The van der Waals surface area contributed by atoms with E-state index in [4.69, 9.17) is 9.72 Å². The largest absolute Gasteiger partial charge is 0.493 e. The molecule has 1 saturated carbocycles. The number of fused-ring (bicyclic) bond motifs is 2. The van der Waals surface area contributed by atoms with E-state index in [0.29, 0.717) is 0 Å². The molecule has 1 N–H and O–H groups in total. The summed E-state index contributed by atoms with van der Waals surface area (Å²) in [5.74, 6) is 1.90. The van der Waals surface area contributed by atoms with Crippen molar-refractivity contribution in [1.29, 1.82) is 0 Å². The summed E-state index contributed by atoms with van der Waals surface area (Å²) in [6.07, 6.45) is 9.56. The normalized spacial score (nSPS) is 17.3. The number of hydrogen-bond donors (Lipinski definition) is 1. The Bertz CT molecular complexity index is 892. The van der Waals surface area contributed by atoms with Crippen LogP contribution in [0, 0.1) is 5.92 Å². The SMILES string of the molecule is c1cc2c(cc1-c1c[nH]c3nc(CC4CCC4)ccc13)CCCO2. The van der Waals surface area contributed by atoms with Gasteiger partial charge in [-0.05, 0) is 60.6 Å². The van der Waals surface area contributed by atoms with Crippen LogP contribution in [0.25, 0.3) is 22.2 Å². The first-order valence-electron chi connectivity index (χ1n) is 9.10. The van der Waals surface area contributed by atoms with Gasteiger partial charge in [-0.1, -0.05) is 25.3 Å². The average molecular weight is 318 g/mol. The highest BCUT2D eigenvalue weighted by molar-refractivity contribution is 5.93. The summed E-state index contributed by atoms with van der Waals surface area (Å²) in [6, 6.07) is 11.0. The van der Waals surface area contributed by atoms with E-state index >= 15 is 0 Å². The van der Waals surface area contributed by atoms with Crippen LogP contribution in [0.15, 0.2) is 36.5 Å². The fraction of sp³-hybridized carbons (Fsp3) is 0.381. The summed E-state index contributed by atoms with van der Waals surface area (Å²) in [4.78, 5) is 8.22. The van der Waals surface area contributed by atoms with Crippen molar-refractivity contribution in [3.8, 4) is 16.9 Å². The van der Waals surface area contributed by atoms with E-state index in [1.807, 2.05) is 0 Å². The first-order valence-corrected chi connectivity index (χ1v) is 9.10. The molecule has 0 amide bonds. The minimum absolute atomic E-state index is 0.840. The van der Waals surface area contributed by atoms with Crippen LogP contribution in [-0.4, -0.2) is 16.6 Å². The molecular formula is C21H22N2O. The molecule has 0 atom stereocenters. The van der Waals surface area contributed by atoms with Crippen molar-refractivity contribution in [3.05, 3.63) is 47.8 Å². The molecule has 3 aromatic rings. The summed E-state index contributed by atoms with van der Waals surface area (Å²) < 4.78 is 5.73. The van der Waals surface area contributed by atoms with Crippen LogP contribution in [0.5, 0.6) is 5.75 Å². The van der Waals surface area contributed by atoms with Crippen LogP contribution >= 0.6 is 0 Å². The zero-order valence-electron chi connectivity index (χ0n) is 13.8. The Balaban J connectivity index is 1.50. The predicted octanol–water partition coefficient (Wildman–Crippen LogP) is 4.90. The van der Waals surface area contributed by atoms with E-state index in [1.165, 1.54) is 47.0 Å². The summed E-state index contributed by atoms with van der Waals surface area (Å²) in [6.45, 7) is 0.840. The summed E-state index contributed by atoms with van der Waals surface area (Å²) in [5, 5.41) is 1.21. The van der Waals surface area contributed by atoms with Gasteiger partial charge in [0, 0.05) is 22.8 Å². The molecule has 5 rings (SSSR count). The topological polar surface area (TPSA) is 37.9 Å². The van der Waals surface area contributed by atoms with Crippen molar-refractivity contribution in [2.45, 2.75) is 38.5 Å². The molecule has 0 unspecified atom stereocenters. The number of hydrogen-bond acceptors (Lipinski definition) is 2. The van der Waals surface area contributed by atoms with E-state index in [0.717, 1.165) is 43.2 Å². The van der Waals surface area contributed by atoms with Gasteiger partial charge in [-0.2, -0.15) is 0 Å². The molecule has 1 aliphatic heterocycles. The maximum atomic E-state index is 5.73. The van der Waals surface area contributed by atoms with E-state index in [2.05, 4.69) is 41.5 Å². The maximum Gasteiger partial charge on any atom is 0.138 e. The van der Waals surface area contributed by atoms with Crippen LogP contribution in [0.2, 0.25) is 0 Å². The highest BCUT2D eigenvalue weighted by atomic mass is 16.5. The molecule has 1 aliphatic carbocycles. The zero-order valence-corrected chi connectivity index (χ0v) is 13.8. The molecule has 1 fully saturated rings. The monoisotopic (exact) mass is 318 g/mol. The first kappa shape index (κ1) is 14.1. The number of aromatic nitrogens is 2. The Kier molecular flexibility index (Phi) is 3.32. The zero-order chi connectivity index (χ0) is 15.9. The molecule has 3 heterocycles. The standard InChI is InChI=1S/C21H22N2O/c1-3-14(4-1)11-17-7-8-18-19(13-22-21(18)23-17)15-6-9-20-16(12-15)5-2-10-24-20/h6-9,12-14H,1-5,10-11H2,(H,22,23). The van der Waals surface area contributed by atoms with Crippen molar-refractivity contribution in [1.82, 2.24) is 9.97 Å². The summed E-state index contributed by atoms with van der Waals surface area (Å²) >= 11 is 0. The number of benzene rings is 1. The maximum absolute atomic E-state index is 5.73. The Morgan fingerprint density at radius 3 is 2.96 bits per heavy atom. The van der Waals surface area contributed by atoms with E-state index in [1.54, 1.807) is 0 Å². The fourth-order valence-corrected chi connectivity index (χ4v) is 3.92. The number of rotatable bonds is 3. The Labute approximate surface area is 142 Å². The molecule has 2 aliphatic rings. The minimum atomic E-state index is 0.840. The Morgan fingerprint density at radius 2 is 2.08 bits per heavy atom. The molecule has 122 valence electrons. The lowest BCUT2D eigenvalue weighted by atomic mass is 9.82. The number of nitrogens with one attached hydrogen (secondary N) is 1. The van der Waals surface area contributed by atoms with Gasteiger partial charge in [0.1, 0.15) is 11.4 Å². The summed E-state index contributed by atoms with van der Waals surface area (Å²) in [5.41, 5.74) is 6.04. The van der Waals surface area contributed by atoms with E-state index in [9.17, 15) is 0 Å². The van der Waals surface area contributed by atoms with Gasteiger partial charge in [0.15, 0.2) is 0 Å². The molecular weight excluding hydrogens is 296 g/mol. The average Bonchev–Trinajstić information content (AvgIpc) is 3.01. The van der Waals surface area contributed by atoms with Gasteiger partial charge in [-0.25, -0.2) is 4.98 Å². The molecule has 3 heteroatoms. The van der Waals surface area contributed by atoms with Gasteiger partial charge in [-0.3, -0.25) is 0 Å². The molecule has 24 heavy (non-hydrogen) atoms. The Hall–Kier alpha value is -2.29. The van der Waals surface area contributed by atoms with E-state index in [-0.39, 0.29) is 0 Å². The van der Waals surface area contributed by atoms with Gasteiger partial charge in [-0.15, -0.1) is 0 Å². The number of aryl methyl sites for hydroxylation is 1. The Morgan fingerprint density at radius 1 is 1.12 bits per heavy atom. The minimum Gasteiger partial charge on any atom is -0.493 e. The molecule has 2 aromatic heterocycles. The smallest absolute Gasteiger partial charge is 0.138 e. The lowest BCUT2D eigenvalue weighted by Crippen LogP contribution is -2.14. The van der Waals surface area contributed by atoms with Gasteiger partial charge < -0.3 is 9.72 Å². The highest BCUT2D eigenvalue weighted by Crippen LogP contribution is 2.34. The molecule has 0 spiro atoms. The van der Waals surface area contributed by atoms with Gasteiger partial charge >= 0.3 is 0 Å². The second kappa shape index (κ2) is 5.66. The third-order valence-electron chi connectivity index (χ3n) is 5.54. The quantitative estimate of drug-likeness (QED) is 0.746.